The predicted octanol–water partition coefficient (Wildman–Crippen LogP) is 3.21. The first-order valence-electron chi connectivity index (χ1n) is 5.26. The summed E-state index contributed by atoms with van der Waals surface area (Å²) in [6.07, 6.45) is 0.970. The highest BCUT2D eigenvalue weighted by Crippen LogP contribution is 2.38. The van der Waals surface area contributed by atoms with E-state index in [4.69, 9.17) is 4.18 Å². The molecule has 0 bridgehead atoms. The van der Waals surface area contributed by atoms with Crippen molar-refractivity contribution in [1.29, 1.82) is 0 Å². The number of aryl methyl sites for hydroxylation is 1. The Morgan fingerprint density at radius 2 is 2.35 bits per heavy atom. The van der Waals surface area contributed by atoms with Crippen LogP contribution in [0.5, 0.6) is 5.75 Å². The fourth-order valence-electron chi connectivity index (χ4n) is 1.94. The van der Waals surface area contributed by atoms with E-state index in [1.807, 2.05) is 19.9 Å². The molecule has 0 atom stereocenters. The van der Waals surface area contributed by atoms with E-state index in [0.29, 0.717) is 0 Å². The maximum absolute atomic E-state index is 10.4. The maximum atomic E-state index is 10.4. The zero-order valence-corrected chi connectivity index (χ0v) is 11.3. The van der Waals surface area contributed by atoms with Crippen molar-refractivity contribution >= 4 is 23.8 Å². The molecule has 0 radical (unpaired) electrons. The van der Waals surface area contributed by atoms with Crippen LogP contribution in [-0.4, -0.2) is 16.6 Å². The Hall–Kier alpha value is -0.880. The quantitative estimate of drug-likeness (QED) is 0.278. The van der Waals surface area contributed by atoms with Gasteiger partial charge in [0, 0.05) is 21.1 Å². The van der Waals surface area contributed by atoms with Crippen LogP contribution in [0.15, 0.2) is 11.0 Å². The number of hydrogen-bond acceptors (Lipinski definition) is 5. The Kier molecular flexibility index (Phi) is 3.83. The summed E-state index contributed by atoms with van der Waals surface area (Å²) in [5.74, 6) is 1.77. The van der Waals surface area contributed by atoms with E-state index in [9.17, 15) is 10.1 Å². The monoisotopic (exact) mass is 271 g/mol. The van der Waals surface area contributed by atoms with Crippen molar-refractivity contribution in [3.05, 3.63) is 32.9 Å². The average molecular weight is 271 g/mol. The number of benzene rings is 1. The van der Waals surface area contributed by atoms with Gasteiger partial charge in [-0.15, -0.1) is 0 Å². The number of hydrogen-bond donors (Lipinski definition) is 0. The van der Waals surface area contributed by atoms with E-state index in [1.165, 1.54) is 29.4 Å². The molecule has 0 spiro atoms. The zero-order valence-electron chi connectivity index (χ0n) is 9.69. The first-order chi connectivity index (χ1) is 8.09. The lowest BCUT2D eigenvalue weighted by atomic mass is 10.0. The Labute approximate surface area is 108 Å². The van der Waals surface area contributed by atoms with Crippen LogP contribution in [0, 0.1) is 24.0 Å². The molecule has 1 heterocycles. The van der Waals surface area contributed by atoms with Crippen LogP contribution in [0.4, 0.5) is 0 Å². The maximum Gasteiger partial charge on any atom is 0.253 e. The molecule has 1 aliphatic heterocycles. The van der Waals surface area contributed by atoms with E-state index >= 15 is 0 Å². The lowest BCUT2D eigenvalue weighted by Crippen LogP contribution is -2.06. The number of thioether (sulfide) groups is 1. The highest BCUT2D eigenvalue weighted by Gasteiger charge is 2.19. The second-order valence-electron chi connectivity index (χ2n) is 3.89. The second-order valence-corrected chi connectivity index (χ2v) is 5.65. The van der Waals surface area contributed by atoms with Crippen LogP contribution in [-0.2, 0) is 6.42 Å². The summed E-state index contributed by atoms with van der Waals surface area (Å²) in [6.45, 7) is 3.99. The predicted molar refractivity (Wildman–Crippen MR) is 70.4 cm³/mol. The fraction of sp³-hybridized carbons (Fsp3) is 0.455. The van der Waals surface area contributed by atoms with Gasteiger partial charge in [0.25, 0.3) is 5.88 Å². The minimum absolute atomic E-state index is 0.0872. The number of fused-ring (bicyclic) bond motifs is 1. The van der Waals surface area contributed by atoms with Crippen molar-refractivity contribution < 1.29 is 9.11 Å². The minimum atomic E-state index is -0.296. The largest absolute Gasteiger partial charge is 0.425 e. The Bertz CT molecular complexity index is 463. The molecule has 6 heteroatoms. The van der Waals surface area contributed by atoms with Crippen molar-refractivity contribution in [3.8, 4) is 5.75 Å². The summed E-state index contributed by atoms with van der Waals surface area (Å²) >= 11 is 2.76. The smallest absolute Gasteiger partial charge is 0.253 e. The molecule has 0 saturated carbocycles. The third kappa shape index (κ3) is 2.69. The number of rotatable bonds is 3. The van der Waals surface area contributed by atoms with Crippen LogP contribution in [0.25, 0.3) is 0 Å². The second kappa shape index (κ2) is 5.18. The summed E-state index contributed by atoms with van der Waals surface area (Å²) in [7, 11) is 0. The Morgan fingerprint density at radius 1 is 1.59 bits per heavy atom. The summed E-state index contributed by atoms with van der Waals surface area (Å²) in [5.41, 5.74) is 3.38. The van der Waals surface area contributed by atoms with Gasteiger partial charge in [-0.2, -0.15) is 0 Å². The van der Waals surface area contributed by atoms with Crippen LogP contribution in [0.3, 0.4) is 0 Å². The van der Waals surface area contributed by atoms with Gasteiger partial charge in [0.05, 0.1) is 12.0 Å². The lowest BCUT2D eigenvalue weighted by molar-refractivity contribution is -0.456. The standard InChI is InChI=1S/C11H13NO3S2/c1-7-5-10-9(3-4-17-15-10)8(2)11(7)16-6-12(13)14/h5H,3-4,6H2,1-2H3. The van der Waals surface area contributed by atoms with Gasteiger partial charge in [-0.05, 0) is 49.2 Å². The SMILES string of the molecule is Cc1cc2c(c(C)c1SC[N+](=O)[O-])CCSO2. The molecule has 17 heavy (non-hydrogen) atoms. The molecule has 92 valence electrons. The molecule has 0 aromatic heterocycles. The van der Waals surface area contributed by atoms with E-state index < -0.39 is 0 Å². The molecule has 0 amide bonds. The van der Waals surface area contributed by atoms with Gasteiger partial charge in [-0.3, -0.25) is 10.1 Å². The Balaban J connectivity index is 2.35. The van der Waals surface area contributed by atoms with Crippen molar-refractivity contribution in [2.45, 2.75) is 25.2 Å². The molecule has 1 aromatic carbocycles. The van der Waals surface area contributed by atoms with Gasteiger partial charge < -0.3 is 4.18 Å². The van der Waals surface area contributed by atoms with Gasteiger partial charge in [0.1, 0.15) is 5.75 Å². The van der Waals surface area contributed by atoms with Crippen LogP contribution >= 0.6 is 23.8 Å². The van der Waals surface area contributed by atoms with Gasteiger partial charge in [-0.25, -0.2) is 0 Å². The molecule has 0 fully saturated rings. The fourth-order valence-corrected chi connectivity index (χ4v) is 3.45. The first kappa shape index (κ1) is 12.6. The van der Waals surface area contributed by atoms with Crippen LogP contribution in [0.2, 0.25) is 0 Å². The van der Waals surface area contributed by atoms with Gasteiger partial charge in [0.15, 0.2) is 0 Å². The highest BCUT2D eigenvalue weighted by molar-refractivity contribution is 7.99. The summed E-state index contributed by atoms with van der Waals surface area (Å²) in [4.78, 5) is 11.2. The number of nitro groups is 1. The van der Waals surface area contributed by atoms with Crippen LogP contribution in [0.1, 0.15) is 16.7 Å². The van der Waals surface area contributed by atoms with Gasteiger partial charge >= 0.3 is 0 Å². The van der Waals surface area contributed by atoms with Gasteiger partial charge in [-0.1, -0.05) is 0 Å². The average Bonchev–Trinajstić information content (AvgIpc) is 2.28. The van der Waals surface area contributed by atoms with E-state index in [0.717, 1.165) is 33.9 Å². The Morgan fingerprint density at radius 3 is 3.06 bits per heavy atom. The summed E-state index contributed by atoms with van der Waals surface area (Å²) in [6, 6.07) is 1.98. The lowest BCUT2D eigenvalue weighted by Gasteiger charge is -2.20. The third-order valence-corrected chi connectivity index (χ3v) is 4.62. The first-order valence-corrected chi connectivity index (χ1v) is 7.16. The minimum Gasteiger partial charge on any atom is -0.425 e. The molecule has 1 aromatic rings. The van der Waals surface area contributed by atoms with Crippen molar-refractivity contribution in [2.75, 3.05) is 11.6 Å². The summed E-state index contributed by atoms with van der Waals surface area (Å²) < 4.78 is 5.54. The molecule has 1 aliphatic rings. The van der Waals surface area contributed by atoms with E-state index in [2.05, 4.69) is 0 Å². The molecule has 0 unspecified atom stereocenters. The molecule has 4 nitrogen and oxygen atoms in total. The summed E-state index contributed by atoms with van der Waals surface area (Å²) in [5, 5.41) is 10.4. The van der Waals surface area contributed by atoms with Crippen molar-refractivity contribution in [3.63, 3.8) is 0 Å². The van der Waals surface area contributed by atoms with Crippen LogP contribution < -0.4 is 4.18 Å². The molecule has 0 aliphatic carbocycles. The van der Waals surface area contributed by atoms with Gasteiger partial charge in [0.2, 0.25) is 0 Å². The number of nitrogens with zero attached hydrogens (tertiary/aromatic N) is 1. The van der Waals surface area contributed by atoms with Crippen molar-refractivity contribution in [2.24, 2.45) is 0 Å². The molecule has 0 N–H and O–H groups in total. The molecular weight excluding hydrogens is 258 g/mol. The normalized spacial score (nSPS) is 14.0. The zero-order chi connectivity index (χ0) is 12.4. The van der Waals surface area contributed by atoms with Crippen molar-refractivity contribution in [1.82, 2.24) is 0 Å². The molecular formula is C11H13NO3S2. The molecule has 2 rings (SSSR count). The highest BCUT2D eigenvalue weighted by atomic mass is 32.2. The topological polar surface area (TPSA) is 52.4 Å². The van der Waals surface area contributed by atoms with E-state index in [-0.39, 0.29) is 10.8 Å². The third-order valence-electron chi connectivity index (χ3n) is 2.69. The molecule has 0 saturated heterocycles. The van der Waals surface area contributed by atoms with E-state index in [1.54, 1.807) is 0 Å².